The maximum atomic E-state index is 12.6. The molecule has 3 aromatic carbocycles. The fraction of sp³-hybridized carbons (Fsp3) is 0.0476. The summed E-state index contributed by atoms with van der Waals surface area (Å²) in [4.78, 5) is 23.5. The van der Waals surface area contributed by atoms with E-state index in [0.29, 0.717) is 16.9 Å². The zero-order chi connectivity index (χ0) is 17.8. The number of hydrogen-bond acceptors (Lipinski definition) is 3. The van der Waals surface area contributed by atoms with Crippen LogP contribution in [0.5, 0.6) is 5.75 Å². The highest BCUT2D eigenvalue weighted by atomic mass is 79.9. The van der Waals surface area contributed by atoms with E-state index in [9.17, 15) is 9.59 Å². The fourth-order valence-electron chi connectivity index (χ4n) is 2.46. The number of carbonyl (C=O) groups is 2. The molecule has 0 amide bonds. The molecule has 0 saturated carbocycles. The summed E-state index contributed by atoms with van der Waals surface area (Å²) in [5.74, 6) is -0.0334. The average molecular weight is 395 g/mol. The molecule has 0 fully saturated rings. The highest BCUT2D eigenvalue weighted by Crippen LogP contribution is 2.23. The number of esters is 1. The minimum absolute atomic E-state index is 0.0725. The largest absolute Gasteiger partial charge is 0.427 e. The van der Waals surface area contributed by atoms with Crippen LogP contribution in [-0.4, -0.2) is 11.8 Å². The molecular weight excluding hydrogens is 380 g/mol. The monoisotopic (exact) mass is 394 g/mol. The van der Waals surface area contributed by atoms with Crippen LogP contribution in [0.15, 0.2) is 77.3 Å². The topological polar surface area (TPSA) is 43.4 Å². The molecule has 0 saturated heterocycles. The second-order valence-electron chi connectivity index (χ2n) is 5.53. The van der Waals surface area contributed by atoms with Gasteiger partial charge in [-0.1, -0.05) is 52.3 Å². The van der Waals surface area contributed by atoms with Crippen LogP contribution in [0.25, 0.3) is 11.1 Å². The van der Waals surface area contributed by atoms with Gasteiger partial charge in [0.2, 0.25) is 0 Å². The second kappa shape index (κ2) is 7.45. The van der Waals surface area contributed by atoms with Crippen molar-refractivity contribution in [3.63, 3.8) is 0 Å². The van der Waals surface area contributed by atoms with E-state index in [2.05, 4.69) is 15.9 Å². The first-order valence-corrected chi connectivity index (χ1v) is 8.51. The summed E-state index contributed by atoms with van der Waals surface area (Å²) in [5, 5.41) is 0. The van der Waals surface area contributed by atoms with Crippen LogP contribution in [-0.2, 0) is 4.79 Å². The van der Waals surface area contributed by atoms with Crippen molar-refractivity contribution in [1.29, 1.82) is 0 Å². The molecule has 0 atom stereocenters. The number of halogens is 1. The Balaban J connectivity index is 1.78. The van der Waals surface area contributed by atoms with Gasteiger partial charge in [-0.05, 0) is 47.5 Å². The predicted octanol–water partition coefficient (Wildman–Crippen LogP) is 5.27. The highest BCUT2D eigenvalue weighted by molar-refractivity contribution is 9.10. The van der Waals surface area contributed by atoms with E-state index in [1.807, 2.05) is 48.5 Å². The van der Waals surface area contributed by atoms with Crippen molar-refractivity contribution >= 4 is 27.7 Å². The zero-order valence-corrected chi connectivity index (χ0v) is 15.1. The van der Waals surface area contributed by atoms with Crippen molar-refractivity contribution in [1.82, 2.24) is 0 Å². The van der Waals surface area contributed by atoms with Crippen LogP contribution < -0.4 is 4.74 Å². The van der Waals surface area contributed by atoms with Crippen molar-refractivity contribution < 1.29 is 14.3 Å². The maximum Gasteiger partial charge on any atom is 0.308 e. The molecule has 4 heteroatoms. The van der Waals surface area contributed by atoms with Crippen LogP contribution in [0, 0.1) is 0 Å². The Morgan fingerprint density at radius 2 is 1.16 bits per heavy atom. The molecule has 3 rings (SSSR count). The van der Waals surface area contributed by atoms with E-state index < -0.39 is 0 Å². The minimum atomic E-state index is -0.386. The lowest BCUT2D eigenvalue weighted by atomic mass is 9.99. The summed E-state index contributed by atoms with van der Waals surface area (Å²) in [5.41, 5.74) is 3.30. The molecule has 0 radical (unpaired) electrons. The SMILES string of the molecule is CC(=O)Oc1ccc(C(=O)c2ccc(-c3ccc(Br)cc3)cc2)cc1. The lowest BCUT2D eigenvalue weighted by Gasteiger charge is -2.06. The van der Waals surface area contributed by atoms with E-state index in [4.69, 9.17) is 4.74 Å². The summed E-state index contributed by atoms with van der Waals surface area (Å²) in [7, 11) is 0. The number of rotatable bonds is 4. The second-order valence-corrected chi connectivity index (χ2v) is 6.45. The van der Waals surface area contributed by atoms with E-state index in [0.717, 1.165) is 15.6 Å². The summed E-state index contributed by atoms with van der Waals surface area (Å²) >= 11 is 3.42. The molecule has 0 unspecified atom stereocenters. The van der Waals surface area contributed by atoms with E-state index in [1.165, 1.54) is 6.92 Å². The molecule has 3 nitrogen and oxygen atoms in total. The number of carbonyl (C=O) groups excluding carboxylic acids is 2. The van der Waals surface area contributed by atoms with Crippen LogP contribution in [0.1, 0.15) is 22.8 Å². The van der Waals surface area contributed by atoms with Crippen LogP contribution in [0.4, 0.5) is 0 Å². The Kier molecular flexibility index (Phi) is 5.10. The first-order chi connectivity index (χ1) is 12.0. The molecule has 0 bridgehead atoms. The van der Waals surface area contributed by atoms with Gasteiger partial charge >= 0.3 is 5.97 Å². The lowest BCUT2D eigenvalue weighted by molar-refractivity contribution is -0.131. The van der Waals surface area contributed by atoms with Gasteiger partial charge in [-0.3, -0.25) is 9.59 Å². The molecule has 0 N–H and O–H groups in total. The molecular formula is C21H15BrO3. The minimum Gasteiger partial charge on any atom is -0.427 e. The Bertz CT molecular complexity index is 895. The van der Waals surface area contributed by atoms with Crippen LogP contribution >= 0.6 is 15.9 Å². The number of hydrogen-bond donors (Lipinski definition) is 0. The standard InChI is InChI=1S/C21H15BrO3/c1-14(23)25-20-12-8-18(9-13-20)21(24)17-4-2-15(3-5-17)16-6-10-19(22)11-7-16/h2-13H,1H3. The van der Waals surface area contributed by atoms with Crippen molar-refractivity contribution in [2.45, 2.75) is 6.92 Å². The van der Waals surface area contributed by atoms with Crippen LogP contribution in [0.2, 0.25) is 0 Å². The third-order valence-electron chi connectivity index (χ3n) is 3.70. The molecule has 0 heterocycles. The normalized spacial score (nSPS) is 10.3. The van der Waals surface area contributed by atoms with Crippen molar-refractivity contribution in [2.75, 3.05) is 0 Å². The number of ketones is 1. The van der Waals surface area contributed by atoms with Gasteiger partial charge in [-0.15, -0.1) is 0 Å². The summed E-state index contributed by atoms with van der Waals surface area (Å²) < 4.78 is 6.00. The van der Waals surface area contributed by atoms with Crippen LogP contribution in [0.3, 0.4) is 0 Å². The molecule has 0 aliphatic rings. The maximum absolute atomic E-state index is 12.6. The first-order valence-electron chi connectivity index (χ1n) is 7.72. The van der Waals surface area contributed by atoms with E-state index >= 15 is 0 Å². The molecule has 0 aliphatic carbocycles. The van der Waals surface area contributed by atoms with Gasteiger partial charge in [0.1, 0.15) is 5.75 Å². The van der Waals surface area contributed by atoms with E-state index in [-0.39, 0.29) is 11.8 Å². The molecule has 3 aromatic rings. The highest BCUT2D eigenvalue weighted by Gasteiger charge is 2.10. The Morgan fingerprint density at radius 3 is 1.64 bits per heavy atom. The lowest BCUT2D eigenvalue weighted by Crippen LogP contribution is -2.03. The predicted molar refractivity (Wildman–Crippen MR) is 101 cm³/mol. The average Bonchev–Trinajstić information content (AvgIpc) is 2.62. The van der Waals surface area contributed by atoms with E-state index in [1.54, 1.807) is 24.3 Å². The molecule has 25 heavy (non-hydrogen) atoms. The third-order valence-corrected chi connectivity index (χ3v) is 4.23. The Morgan fingerprint density at radius 1 is 0.720 bits per heavy atom. The zero-order valence-electron chi connectivity index (χ0n) is 13.5. The molecule has 0 aromatic heterocycles. The summed E-state index contributed by atoms with van der Waals surface area (Å²) in [6.07, 6.45) is 0. The molecule has 0 aliphatic heterocycles. The van der Waals surface area contributed by atoms with Gasteiger partial charge in [-0.25, -0.2) is 0 Å². The Labute approximate surface area is 154 Å². The van der Waals surface area contributed by atoms with Gasteiger partial charge in [-0.2, -0.15) is 0 Å². The third kappa shape index (κ3) is 4.22. The van der Waals surface area contributed by atoms with Gasteiger partial charge in [0.05, 0.1) is 0 Å². The summed E-state index contributed by atoms with van der Waals surface area (Å²) in [6, 6.07) is 22.1. The number of benzene rings is 3. The van der Waals surface area contributed by atoms with Crippen molar-refractivity contribution in [3.8, 4) is 16.9 Å². The van der Waals surface area contributed by atoms with Gasteiger partial charge in [0.25, 0.3) is 0 Å². The van der Waals surface area contributed by atoms with Crippen molar-refractivity contribution in [3.05, 3.63) is 88.4 Å². The first kappa shape index (κ1) is 17.1. The van der Waals surface area contributed by atoms with Crippen molar-refractivity contribution in [2.24, 2.45) is 0 Å². The van der Waals surface area contributed by atoms with Gasteiger partial charge in [0.15, 0.2) is 5.78 Å². The molecule has 124 valence electrons. The van der Waals surface area contributed by atoms with Gasteiger partial charge < -0.3 is 4.74 Å². The fourth-order valence-corrected chi connectivity index (χ4v) is 2.73. The number of ether oxygens (including phenoxy) is 1. The molecule has 0 spiro atoms. The Hall–Kier alpha value is -2.72. The smallest absolute Gasteiger partial charge is 0.308 e. The van der Waals surface area contributed by atoms with Gasteiger partial charge in [0, 0.05) is 22.5 Å². The summed E-state index contributed by atoms with van der Waals surface area (Å²) in [6.45, 7) is 1.34. The quantitative estimate of drug-likeness (QED) is 0.343.